The zero-order valence-corrected chi connectivity index (χ0v) is 8.98. The molecule has 2 fully saturated rings. The Morgan fingerprint density at radius 1 is 1.19 bits per heavy atom. The Labute approximate surface area is 93.7 Å². The maximum Gasteiger partial charge on any atom is 0.220 e. The first-order valence-electron chi connectivity index (χ1n) is 5.81. The fraction of sp³-hybridized carbons (Fsp3) is 0.385. The second-order valence-corrected chi connectivity index (χ2v) is 5.10. The zero-order chi connectivity index (χ0) is 10.8. The highest BCUT2D eigenvalue weighted by atomic mass is 15.0. The van der Waals surface area contributed by atoms with Gasteiger partial charge in [-0.25, -0.2) is 9.97 Å². The lowest BCUT2D eigenvalue weighted by Gasteiger charge is -2.05. The molecule has 0 aliphatic heterocycles. The number of para-hydroxylation sites is 1. The molecule has 0 bridgehead atoms. The Hall–Kier alpha value is -1.64. The van der Waals surface area contributed by atoms with E-state index in [4.69, 9.17) is 5.73 Å². The van der Waals surface area contributed by atoms with Crippen LogP contribution in [-0.4, -0.2) is 9.97 Å². The maximum atomic E-state index is 5.78. The highest BCUT2D eigenvalue weighted by Gasteiger charge is 2.64. The Bertz CT molecular complexity index is 587. The highest BCUT2D eigenvalue weighted by Crippen LogP contribution is 2.75. The van der Waals surface area contributed by atoms with Gasteiger partial charge in [0.1, 0.15) is 0 Å². The summed E-state index contributed by atoms with van der Waals surface area (Å²) < 4.78 is 0. The van der Waals surface area contributed by atoms with E-state index in [0.717, 1.165) is 5.52 Å². The van der Waals surface area contributed by atoms with E-state index in [1.807, 2.05) is 18.2 Å². The van der Waals surface area contributed by atoms with Gasteiger partial charge in [-0.3, -0.25) is 0 Å². The van der Waals surface area contributed by atoms with Crippen molar-refractivity contribution in [2.45, 2.75) is 25.2 Å². The van der Waals surface area contributed by atoms with Crippen LogP contribution in [0.1, 0.15) is 30.9 Å². The van der Waals surface area contributed by atoms with Gasteiger partial charge in [0.25, 0.3) is 0 Å². The molecule has 1 unspecified atom stereocenters. The average Bonchev–Trinajstić information content (AvgIpc) is 3.19. The summed E-state index contributed by atoms with van der Waals surface area (Å²) in [4.78, 5) is 8.75. The maximum absolute atomic E-state index is 5.78. The lowest BCUT2D eigenvalue weighted by atomic mass is 10.1. The Morgan fingerprint density at radius 3 is 2.75 bits per heavy atom. The van der Waals surface area contributed by atoms with E-state index in [-0.39, 0.29) is 0 Å². The van der Waals surface area contributed by atoms with Crippen LogP contribution >= 0.6 is 0 Å². The van der Waals surface area contributed by atoms with E-state index in [0.29, 0.717) is 17.3 Å². The normalized spacial score (nSPS) is 24.9. The van der Waals surface area contributed by atoms with Crippen LogP contribution in [0.15, 0.2) is 24.3 Å². The molecule has 4 rings (SSSR count). The van der Waals surface area contributed by atoms with Crippen molar-refractivity contribution in [2.24, 2.45) is 5.41 Å². The van der Waals surface area contributed by atoms with Crippen LogP contribution in [0.25, 0.3) is 10.9 Å². The summed E-state index contributed by atoms with van der Waals surface area (Å²) in [5.74, 6) is 1.05. The number of fused-ring (bicyclic) bond motifs is 1. The molecule has 2 aliphatic carbocycles. The second-order valence-electron chi connectivity index (χ2n) is 5.10. The first kappa shape index (κ1) is 8.50. The molecule has 0 radical (unpaired) electrons. The summed E-state index contributed by atoms with van der Waals surface area (Å²) in [7, 11) is 0. The summed E-state index contributed by atoms with van der Waals surface area (Å²) in [5.41, 5.74) is 8.55. The quantitative estimate of drug-likeness (QED) is 0.788. The zero-order valence-electron chi connectivity index (χ0n) is 8.98. The molecule has 1 aromatic carbocycles. The van der Waals surface area contributed by atoms with Gasteiger partial charge in [0.05, 0.1) is 11.2 Å². The van der Waals surface area contributed by atoms with Crippen LogP contribution < -0.4 is 5.73 Å². The average molecular weight is 211 g/mol. The number of anilines is 1. The van der Waals surface area contributed by atoms with Crippen LogP contribution in [0.4, 0.5) is 5.95 Å². The van der Waals surface area contributed by atoms with Gasteiger partial charge >= 0.3 is 0 Å². The van der Waals surface area contributed by atoms with Crippen LogP contribution in [-0.2, 0) is 0 Å². The molecule has 3 nitrogen and oxygen atoms in total. The van der Waals surface area contributed by atoms with E-state index in [1.54, 1.807) is 0 Å². The number of aromatic nitrogens is 2. The highest BCUT2D eigenvalue weighted by molar-refractivity contribution is 5.83. The minimum Gasteiger partial charge on any atom is -0.368 e. The first-order valence-corrected chi connectivity index (χ1v) is 5.81. The van der Waals surface area contributed by atoms with Gasteiger partial charge in [-0.1, -0.05) is 18.2 Å². The third-order valence-corrected chi connectivity index (χ3v) is 4.06. The predicted octanol–water partition coefficient (Wildman–Crippen LogP) is 2.48. The molecule has 2 saturated carbocycles. The lowest BCUT2D eigenvalue weighted by Crippen LogP contribution is -2.00. The van der Waals surface area contributed by atoms with E-state index in [9.17, 15) is 0 Å². The van der Waals surface area contributed by atoms with Crippen molar-refractivity contribution < 1.29 is 0 Å². The van der Waals surface area contributed by atoms with Gasteiger partial charge in [0, 0.05) is 11.3 Å². The van der Waals surface area contributed by atoms with Crippen molar-refractivity contribution in [1.29, 1.82) is 0 Å². The largest absolute Gasteiger partial charge is 0.368 e. The molecule has 0 saturated heterocycles. The van der Waals surface area contributed by atoms with Gasteiger partial charge in [-0.2, -0.15) is 0 Å². The van der Waals surface area contributed by atoms with Crippen molar-refractivity contribution in [3.05, 3.63) is 30.0 Å². The number of benzene rings is 1. The van der Waals surface area contributed by atoms with Crippen LogP contribution in [0.5, 0.6) is 0 Å². The molecule has 2 N–H and O–H groups in total. The molecule has 1 aromatic heterocycles. The third-order valence-electron chi connectivity index (χ3n) is 4.06. The number of hydrogen-bond acceptors (Lipinski definition) is 3. The Balaban J connectivity index is 1.96. The lowest BCUT2D eigenvalue weighted by molar-refractivity contribution is 0.825. The van der Waals surface area contributed by atoms with Crippen molar-refractivity contribution >= 4 is 16.9 Å². The standard InChI is InChI=1S/C13H13N3/c14-12-15-10-4-2-1-3-8(10)11(16-12)9-7-13(9)5-6-13/h1-4,9H,5-7H2,(H2,14,15,16). The summed E-state index contributed by atoms with van der Waals surface area (Å²) in [6.45, 7) is 0. The van der Waals surface area contributed by atoms with Crippen LogP contribution in [0, 0.1) is 5.41 Å². The number of nitrogens with two attached hydrogens (primary N) is 1. The monoisotopic (exact) mass is 211 g/mol. The van der Waals surface area contributed by atoms with Crippen LogP contribution in [0.3, 0.4) is 0 Å². The van der Waals surface area contributed by atoms with E-state index < -0.39 is 0 Å². The number of nitrogens with zero attached hydrogens (tertiary/aromatic N) is 2. The molecule has 0 amide bonds. The smallest absolute Gasteiger partial charge is 0.220 e. The Morgan fingerprint density at radius 2 is 2.00 bits per heavy atom. The van der Waals surface area contributed by atoms with Crippen molar-refractivity contribution in [2.75, 3.05) is 5.73 Å². The SMILES string of the molecule is Nc1nc(C2CC23CC3)c2ccccc2n1. The van der Waals surface area contributed by atoms with Gasteiger partial charge < -0.3 is 5.73 Å². The molecule has 2 aliphatic rings. The fourth-order valence-electron chi connectivity index (χ4n) is 2.83. The van der Waals surface area contributed by atoms with Crippen molar-refractivity contribution in [3.63, 3.8) is 0 Å². The summed E-state index contributed by atoms with van der Waals surface area (Å²) >= 11 is 0. The Kier molecular flexibility index (Phi) is 1.35. The fourth-order valence-corrected chi connectivity index (χ4v) is 2.83. The van der Waals surface area contributed by atoms with Gasteiger partial charge in [-0.05, 0) is 30.7 Å². The molecule has 1 heterocycles. The predicted molar refractivity (Wildman–Crippen MR) is 63.0 cm³/mol. The minimum absolute atomic E-state index is 0.413. The summed E-state index contributed by atoms with van der Waals surface area (Å²) in [5, 5.41) is 1.19. The number of rotatable bonds is 1. The van der Waals surface area contributed by atoms with Gasteiger partial charge in [-0.15, -0.1) is 0 Å². The molecule has 1 atom stereocenters. The van der Waals surface area contributed by atoms with Crippen molar-refractivity contribution in [1.82, 2.24) is 9.97 Å². The topological polar surface area (TPSA) is 51.8 Å². The van der Waals surface area contributed by atoms with E-state index in [1.165, 1.54) is 30.3 Å². The molecule has 80 valence electrons. The van der Waals surface area contributed by atoms with Crippen LogP contribution in [0.2, 0.25) is 0 Å². The van der Waals surface area contributed by atoms with Gasteiger partial charge in [0.15, 0.2) is 0 Å². The molecular formula is C13H13N3. The van der Waals surface area contributed by atoms with E-state index in [2.05, 4.69) is 16.0 Å². The van der Waals surface area contributed by atoms with Crippen molar-refractivity contribution in [3.8, 4) is 0 Å². The summed E-state index contributed by atoms with van der Waals surface area (Å²) in [6.07, 6.45) is 4.04. The second kappa shape index (κ2) is 2.54. The van der Waals surface area contributed by atoms with E-state index >= 15 is 0 Å². The molecule has 1 spiro atoms. The number of nitrogen functional groups attached to an aromatic ring is 1. The molecular weight excluding hydrogens is 198 g/mol. The first-order chi connectivity index (χ1) is 7.78. The third kappa shape index (κ3) is 1.03. The molecule has 2 aromatic rings. The summed E-state index contributed by atoms with van der Waals surface area (Å²) in [6, 6.07) is 8.17. The minimum atomic E-state index is 0.413. The molecule has 16 heavy (non-hydrogen) atoms. The number of hydrogen-bond donors (Lipinski definition) is 1. The molecule has 3 heteroatoms. The van der Waals surface area contributed by atoms with Gasteiger partial charge in [0.2, 0.25) is 5.95 Å².